The van der Waals surface area contributed by atoms with Crippen molar-refractivity contribution < 1.29 is 19.4 Å². The highest BCUT2D eigenvalue weighted by molar-refractivity contribution is 7.12. The van der Waals surface area contributed by atoms with E-state index in [1.807, 2.05) is 0 Å². The molecule has 0 radical (unpaired) electrons. The molecule has 2 rings (SSSR count). The minimum atomic E-state index is -1.03. The Bertz CT molecular complexity index is 503. The molecule has 108 valence electrons. The van der Waals surface area contributed by atoms with Crippen molar-refractivity contribution in [2.75, 3.05) is 19.8 Å². The molecular formula is C14H17NO4S. The maximum absolute atomic E-state index is 12.1. The van der Waals surface area contributed by atoms with Crippen molar-refractivity contribution in [2.45, 2.75) is 12.8 Å². The van der Waals surface area contributed by atoms with Gasteiger partial charge in [0.2, 0.25) is 0 Å². The number of rotatable bonds is 5. The fraction of sp³-hybridized carbons (Fsp3) is 0.429. The van der Waals surface area contributed by atoms with Gasteiger partial charge in [0.05, 0.1) is 11.5 Å². The van der Waals surface area contributed by atoms with E-state index < -0.39 is 5.97 Å². The third-order valence-electron chi connectivity index (χ3n) is 3.11. The SMILES string of the molecule is O=C(O)C=Cc1ccsc1C(=O)NCC1CCCOC1. The topological polar surface area (TPSA) is 75.6 Å². The van der Waals surface area contributed by atoms with E-state index in [0.29, 0.717) is 29.5 Å². The molecule has 1 amide bonds. The number of carbonyl (C=O) groups is 2. The Morgan fingerprint density at radius 2 is 2.40 bits per heavy atom. The minimum Gasteiger partial charge on any atom is -0.478 e. The molecule has 0 aromatic carbocycles. The van der Waals surface area contributed by atoms with Gasteiger partial charge < -0.3 is 15.2 Å². The Morgan fingerprint density at radius 3 is 3.10 bits per heavy atom. The van der Waals surface area contributed by atoms with Crippen LogP contribution in [0.3, 0.4) is 0 Å². The highest BCUT2D eigenvalue weighted by Crippen LogP contribution is 2.19. The van der Waals surface area contributed by atoms with Crippen LogP contribution >= 0.6 is 11.3 Å². The van der Waals surface area contributed by atoms with Gasteiger partial charge in [-0.2, -0.15) is 0 Å². The van der Waals surface area contributed by atoms with Crippen LogP contribution in [0, 0.1) is 5.92 Å². The molecule has 2 N–H and O–H groups in total. The largest absolute Gasteiger partial charge is 0.478 e. The fourth-order valence-corrected chi connectivity index (χ4v) is 2.88. The van der Waals surface area contributed by atoms with E-state index in [0.717, 1.165) is 25.5 Å². The lowest BCUT2D eigenvalue weighted by molar-refractivity contribution is -0.131. The van der Waals surface area contributed by atoms with Crippen molar-refractivity contribution in [2.24, 2.45) is 5.92 Å². The molecule has 1 atom stereocenters. The number of aliphatic carboxylic acids is 1. The van der Waals surface area contributed by atoms with Gasteiger partial charge in [0.25, 0.3) is 5.91 Å². The summed E-state index contributed by atoms with van der Waals surface area (Å²) >= 11 is 1.31. The molecule has 2 heterocycles. The first-order chi connectivity index (χ1) is 9.66. The number of amides is 1. The lowest BCUT2D eigenvalue weighted by atomic mass is 10.0. The minimum absolute atomic E-state index is 0.157. The van der Waals surface area contributed by atoms with E-state index >= 15 is 0 Å². The Morgan fingerprint density at radius 1 is 1.55 bits per heavy atom. The summed E-state index contributed by atoms with van der Waals surface area (Å²) in [6.45, 7) is 2.09. The molecule has 1 aliphatic heterocycles. The number of carboxylic acids is 1. The van der Waals surface area contributed by atoms with Gasteiger partial charge >= 0.3 is 5.97 Å². The zero-order valence-corrected chi connectivity index (χ0v) is 11.8. The van der Waals surface area contributed by atoms with Crippen LogP contribution in [0.2, 0.25) is 0 Å². The Hall–Kier alpha value is -1.66. The summed E-state index contributed by atoms with van der Waals surface area (Å²) in [5.74, 6) is -0.816. The number of nitrogens with one attached hydrogen (secondary N) is 1. The second-order valence-corrected chi connectivity index (χ2v) is 5.59. The highest BCUT2D eigenvalue weighted by atomic mass is 32.1. The number of hydrogen-bond donors (Lipinski definition) is 2. The van der Waals surface area contributed by atoms with Crippen molar-refractivity contribution >= 4 is 29.3 Å². The van der Waals surface area contributed by atoms with Crippen LogP contribution in [0.1, 0.15) is 28.1 Å². The zero-order valence-electron chi connectivity index (χ0n) is 11.0. The van der Waals surface area contributed by atoms with Crippen molar-refractivity contribution in [1.82, 2.24) is 5.32 Å². The van der Waals surface area contributed by atoms with Gasteiger partial charge in [0.15, 0.2) is 0 Å². The maximum Gasteiger partial charge on any atom is 0.328 e. The molecule has 0 bridgehead atoms. The molecule has 1 saturated heterocycles. The lowest BCUT2D eigenvalue weighted by Crippen LogP contribution is -2.33. The first kappa shape index (κ1) is 14.7. The first-order valence-electron chi connectivity index (χ1n) is 6.51. The summed E-state index contributed by atoms with van der Waals surface area (Å²) in [4.78, 5) is 23.1. The summed E-state index contributed by atoms with van der Waals surface area (Å²) in [5.41, 5.74) is 0.634. The standard InChI is InChI=1S/C14H17NO4S/c16-12(17)4-3-11-5-7-20-13(11)14(18)15-8-10-2-1-6-19-9-10/h3-5,7,10H,1-2,6,8-9H2,(H,15,18)(H,16,17). The van der Waals surface area contributed by atoms with Crippen LogP contribution < -0.4 is 5.32 Å². The van der Waals surface area contributed by atoms with E-state index in [1.165, 1.54) is 17.4 Å². The number of thiophene rings is 1. The number of carboxylic acid groups (broad SMARTS) is 1. The third kappa shape index (κ3) is 4.18. The Labute approximate surface area is 121 Å². The molecule has 20 heavy (non-hydrogen) atoms. The molecule has 0 aliphatic carbocycles. The van der Waals surface area contributed by atoms with E-state index in [9.17, 15) is 9.59 Å². The van der Waals surface area contributed by atoms with Gasteiger partial charge in [-0.25, -0.2) is 4.79 Å². The predicted octanol–water partition coefficient (Wildman–Crippen LogP) is 2.00. The second kappa shape index (κ2) is 7.21. The van der Waals surface area contributed by atoms with E-state index in [-0.39, 0.29) is 5.91 Å². The van der Waals surface area contributed by atoms with Gasteiger partial charge in [-0.1, -0.05) is 0 Å². The Balaban J connectivity index is 1.92. The summed E-state index contributed by atoms with van der Waals surface area (Å²) in [7, 11) is 0. The molecule has 1 fully saturated rings. The molecule has 1 unspecified atom stereocenters. The average Bonchev–Trinajstić information content (AvgIpc) is 2.92. The van der Waals surface area contributed by atoms with Crippen molar-refractivity contribution in [3.05, 3.63) is 28.0 Å². The van der Waals surface area contributed by atoms with E-state index in [1.54, 1.807) is 11.4 Å². The number of carbonyl (C=O) groups excluding carboxylic acids is 1. The molecule has 0 spiro atoms. The van der Waals surface area contributed by atoms with Crippen LogP contribution in [0.15, 0.2) is 17.5 Å². The van der Waals surface area contributed by atoms with Crippen molar-refractivity contribution in [3.63, 3.8) is 0 Å². The van der Waals surface area contributed by atoms with Gasteiger partial charge in [-0.05, 0) is 41.8 Å². The lowest BCUT2D eigenvalue weighted by Gasteiger charge is -2.22. The predicted molar refractivity (Wildman–Crippen MR) is 76.9 cm³/mol. The van der Waals surface area contributed by atoms with Crippen LogP contribution in [-0.4, -0.2) is 36.7 Å². The van der Waals surface area contributed by atoms with Crippen molar-refractivity contribution in [3.8, 4) is 0 Å². The maximum atomic E-state index is 12.1. The molecule has 1 aromatic rings. The molecule has 1 aromatic heterocycles. The first-order valence-corrected chi connectivity index (χ1v) is 7.39. The van der Waals surface area contributed by atoms with Gasteiger partial charge in [-0.15, -0.1) is 11.3 Å². The molecule has 0 saturated carbocycles. The summed E-state index contributed by atoms with van der Waals surface area (Å²) in [6.07, 6.45) is 4.58. The normalized spacial score (nSPS) is 19.1. The quantitative estimate of drug-likeness (QED) is 0.815. The summed E-state index contributed by atoms with van der Waals surface area (Å²) in [5, 5.41) is 13.3. The monoisotopic (exact) mass is 295 g/mol. The zero-order chi connectivity index (χ0) is 14.4. The second-order valence-electron chi connectivity index (χ2n) is 4.67. The molecule has 5 nitrogen and oxygen atoms in total. The van der Waals surface area contributed by atoms with Crippen LogP contribution in [0.25, 0.3) is 6.08 Å². The van der Waals surface area contributed by atoms with Gasteiger partial charge in [0, 0.05) is 19.2 Å². The molecule has 6 heteroatoms. The Kier molecular flexibility index (Phi) is 5.31. The third-order valence-corrected chi connectivity index (χ3v) is 4.04. The van der Waals surface area contributed by atoms with Crippen LogP contribution in [-0.2, 0) is 9.53 Å². The van der Waals surface area contributed by atoms with E-state index in [4.69, 9.17) is 9.84 Å². The number of ether oxygens (including phenoxy) is 1. The molecule has 1 aliphatic rings. The number of hydrogen-bond acceptors (Lipinski definition) is 4. The van der Waals surface area contributed by atoms with Gasteiger partial charge in [0.1, 0.15) is 0 Å². The van der Waals surface area contributed by atoms with Gasteiger partial charge in [-0.3, -0.25) is 4.79 Å². The molecular weight excluding hydrogens is 278 g/mol. The summed E-state index contributed by atoms with van der Waals surface area (Å²) < 4.78 is 5.37. The van der Waals surface area contributed by atoms with Crippen LogP contribution in [0.5, 0.6) is 0 Å². The summed E-state index contributed by atoms with van der Waals surface area (Å²) in [6, 6.07) is 1.74. The van der Waals surface area contributed by atoms with E-state index in [2.05, 4.69) is 5.32 Å². The fourth-order valence-electron chi connectivity index (χ4n) is 2.08. The smallest absolute Gasteiger partial charge is 0.328 e. The van der Waals surface area contributed by atoms with Crippen molar-refractivity contribution in [1.29, 1.82) is 0 Å². The highest BCUT2D eigenvalue weighted by Gasteiger charge is 2.17. The average molecular weight is 295 g/mol. The van der Waals surface area contributed by atoms with Crippen LogP contribution in [0.4, 0.5) is 0 Å².